The van der Waals surface area contributed by atoms with Crippen molar-refractivity contribution >= 4 is 17.9 Å². The summed E-state index contributed by atoms with van der Waals surface area (Å²) in [6.07, 6.45) is 1.000. The summed E-state index contributed by atoms with van der Waals surface area (Å²) in [4.78, 5) is 35.9. The minimum atomic E-state index is -1.06. The highest BCUT2D eigenvalue weighted by molar-refractivity contribution is 5.81. The molecule has 0 saturated carbocycles. The van der Waals surface area contributed by atoms with E-state index in [0.717, 1.165) is 4.90 Å². The van der Waals surface area contributed by atoms with Crippen LogP contribution >= 0.6 is 0 Å². The molecule has 17 heavy (non-hydrogen) atoms. The van der Waals surface area contributed by atoms with Crippen LogP contribution in [0.1, 0.15) is 12.8 Å². The zero-order valence-electron chi connectivity index (χ0n) is 9.97. The molecule has 1 aliphatic rings. The van der Waals surface area contributed by atoms with E-state index in [9.17, 15) is 14.4 Å². The molecule has 1 aliphatic heterocycles. The average molecular weight is 243 g/mol. The summed E-state index contributed by atoms with van der Waals surface area (Å²) < 4.78 is 0. The Labute approximate surface area is 99.4 Å². The molecule has 0 spiro atoms. The number of hydrogen-bond acceptors (Lipinski definition) is 3. The third kappa shape index (κ3) is 3.93. The van der Waals surface area contributed by atoms with E-state index in [1.807, 2.05) is 0 Å². The third-order valence-electron chi connectivity index (χ3n) is 2.67. The molecule has 1 saturated heterocycles. The van der Waals surface area contributed by atoms with Crippen molar-refractivity contribution in [2.45, 2.75) is 18.9 Å². The minimum Gasteiger partial charge on any atom is -0.480 e. The maximum absolute atomic E-state index is 11.6. The van der Waals surface area contributed by atoms with Crippen molar-refractivity contribution < 1.29 is 19.5 Å². The van der Waals surface area contributed by atoms with Gasteiger partial charge in [0.05, 0.1) is 0 Å². The van der Waals surface area contributed by atoms with Gasteiger partial charge in [0.2, 0.25) is 5.91 Å². The Morgan fingerprint density at radius 2 is 2.24 bits per heavy atom. The van der Waals surface area contributed by atoms with Crippen molar-refractivity contribution in [3.8, 4) is 0 Å². The van der Waals surface area contributed by atoms with Crippen LogP contribution in [0.2, 0.25) is 0 Å². The number of rotatable bonds is 3. The van der Waals surface area contributed by atoms with E-state index in [1.165, 1.54) is 7.05 Å². The molecule has 0 aliphatic carbocycles. The average Bonchev–Trinajstić information content (AvgIpc) is 2.22. The lowest BCUT2D eigenvalue weighted by molar-refractivity contribution is -0.137. The Bertz CT molecular complexity index is 332. The van der Waals surface area contributed by atoms with Crippen LogP contribution in [-0.4, -0.2) is 66.0 Å². The van der Waals surface area contributed by atoms with Gasteiger partial charge in [-0.25, -0.2) is 4.79 Å². The fourth-order valence-corrected chi connectivity index (χ4v) is 1.69. The summed E-state index contributed by atoms with van der Waals surface area (Å²) in [7, 11) is 3.10. The van der Waals surface area contributed by atoms with Crippen LogP contribution in [0, 0.1) is 0 Å². The number of aliphatic carboxylic acids is 1. The second-order valence-electron chi connectivity index (χ2n) is 4.21. The molecule has 3 amide bonds. The molecule has 0 aromatic carbocycles. The predicted molar refractivity (Wildman–Crippen MR) is 59.5 cm³/mol. The van der Waals surface area contributed by atoms with E-state index < -0.39 is 12.0 Å². The first-order chi connectivity index (χ1) is 7.90. The smallest absolute Gasteiger partial charge is 0.323 e. The Morgan fingerprint density at radius 3 is 2.76 bits per heavy atom. The zero-order valence-corrected chi connectivity index (χ0v) is 9.97. The van der Waals surface area contributed by atoms with Crippen LogP contribution in [0.15, 0.2) is 0 Å². The van der Waals surface area contributed by atoms with Crippen molar-refractivity contribution in [2.75, 3.05) is 27.2 Å². The molecule has 1 fully saturated rings. The minimum absolute atomic E-state index is 0.0642. The summed E-state index contributed by atoms with van der Waals surface area (Å²) in [5.41, 5.74) is 0. The van der Waals surface area contributed by atoms with Crippen LogP contribution < -0.4 is 5.32 Å². The third-order valence-corrected chi connectivity index (χ3v) is 2.67. The molecule has 1 heterocycles. The highest BCUT2D eigenvalue weighted by Gasteiger charge is 2.25. The second-order valence-corrected chi connectivity index (χ2v) is 4.21. The fraction of sp³-hybridized carbons (Fsp3) is 0.700. The van der Waals surface area contributed by atoms with Crippen LogP contribution in [0.3, 0.4) is 0 Å². The van der Waals surface area contributed by atoms with Gasteiger partial charge >= 0.3 is 12.0 Å². The molecule has 2 N–H and O–H groups in total. The summed E-state index contributed by atoms with van der Waals surface area (Å²) in [6, 6.07) is -0.540. The van der Waals surface area contributed by atoms with Gasteiger partial charge in [0, 0.05) is 33.1 Å². The summed E-state index contributed by atoms with van der Waals surface area (Å²) >= 11 is 0. The lowest BCUT2D eigenvalue weighted by atomic mass is 10.1. The van der Waals surface area contributed by atoms with Crippen LogP contribution in [0.25, 0.3) is 0 Å². The van der Waals surface area contributed by atoms with Crippen molar-refractivity contribution in [2.24, 2.45) is 0 Å². The van der Waals surface area contributed by atoms with E-state index in [2.05, 4.69) is 5.32 Å². The van der Waals surface area contributed by atoms with Crippen molar-refractivity contribution in [3.05, 3.63) is 0 Å². The number of likely N-dealkylation sites (tertiary alicyclic amines) is 1. The zero-order chi connectivity index (χ0) is 13.0. The molecule has 7 nitrogen and oxygen atoms in total. The number of amides is 3. The molecule has 7 heteroatoms. The number of nitrogens with one attached hydrogen (secondary N) is 1. The Kier molecular flexibility index (Phi) is 4.30. The molecule has 1 unspecified atom stereocenters. The maximum Gasteiger partial charge on any atom is 0.323 e. The number of carboxylic acids is 1. The maximum atomic E-state index is 11.6. The standard InChI is InChI=1S/C10H17N3O4/c1-12-5-7(3-4-8(12)14)11-10(17)13(2)6-9(15)16/h7H,3-6H2,1-2H3,(H,11,17)(H,15,16). The number of likely N-dealkylation sites (N-methyl/N-ethyl adjacent to an activating group) is 2. The number of carbonyl (C=O) groups excluding carboxylic acids is 2. The van der Waals surface area contributed by atoms with E-state index in [4.69, 9.17) is 5.11 Å². The highest BCUT2D eigenvalue weighted by Crippen LogP contribution is 2.09. The van der Waals surface area contributed by atoms with E-state index in [0.29, 0.717) is 19.4 Å². The predicted octanol–water partition coefficient (Wildman–Crippen LogP) is -0.667. The highest BCUT2D eigenvalue weighted by atomic mass is 16.4. The van der Waals surface area contributed by atoms with Crippen LogP contribution in [0.4, 0.5) is 4.79 Å². The fourth-order valence-electron chi connectivity index (χ4n) is 1.69. The first-order valence-corrected chi connectivity index (χ1v) is 5.37. The molecule has 0 aromatic rings. The molecule has 0 bridgehead atoms. The molecular formula is C10H17N3O4. The first-order valence-electron chi connectivity index (χ1n) is 5.37. The van der Waals surface area contributed by atoms with Gasteiger partial charge in [-0.2, -0.15) is 0 Å². The van der Waals surface area contributed by atoms with Crippen molar-refractivity contribution in [3.63, 3.8) is 0 Å². The van der Waals surface area contributed by atoms with Gasteiger partial charge in [-0.1, -0.05) is 0 Å². The Hall–Kier alpha value is -1.79. The number of urea groups is 1. The van der Waals surface area contributed by atoms with E-state index in [-0.39, 0.29) is 18.5 Å². The Morgan fingerprint density at radius 1 is 1.59 bits per heavy atom. The van der Waals surface area contributed by atoms with Gasteiger partial charge in [-0.05, 0) is 6.42 Å². The van der Waals surface area contributed by atoms with Crippen LogP contribution in [-0.2, 0) is 9.59 Å². The van der Waals surface area contributed by atoms with E-state index in [1.54, 1.807) is 11.9 Å². The van der Waals surface area contributed by atoms with Gasteiger partial charge in [0.1, 0.15) is 6.54 Å². The monoisotopic (exact) mass is 243 g/mol. The summed E-state index contributed by atoms with van der Waals surface area (Å²) in [6.45, 7) is 0.124. The van der Waals surface area contributed by atoms with Gasteiger partial charge < -0.3 is 20.2 Å². The lowest BCUT2D eigenvalue weighted by Crippen LogP contribution is -2.52. The van der Waals surface area contributed by atoms with E-state index >= 15 is 0 Å². The van der Waals surface area contributed by atoms with Gasteiger partial charge in [-0.15, -0.1) is 0 Å². The number of piperidine rings is 1. The summed E-state index contributed by atoms with van der Waals surface area (Å²) in [5, 5.41) is 11.2. The second kappa shape index (κ2) is 5.51. The lowest BCUT2D eigenvalue weighted by Gasteiger charge is -2.31. The molecular weight excluding hydrogens is 226 g/mol. The Balaban J connectivity index is 2.41. The molecule has 0 radical (unpaired) electrons. The quantitative estimate of drug-likeness (QED) is 0.688. The van der Waals surface area contributed by atoms with Crippen molar-refractivity contribution in [1.29, 1.82) is 0 Å². The normalized spacial score (nSPS) is 20.0. The summed E-state index contributed by atoms with van der Waals surface area (Å²) in [5.74, 6) is -0.993. The number of carbonyl (C=O) groups is 3. The molecule has 1 rings (SSSR count). The first kappa shape index (κ1) is 13.3. The van der Waals surface area contributed by atoms with Crippen molar-refractivity contribution in [1.82, 2.24) is 15.1 Å². The van der Waals surface area contributed by atoms with Crippen LogP contribution in [0.5, 0.6) is 0 Å². The molecule has 96 valence electrons. The van der Waals surface area contributed by atoms with Gasteiger partial charge in [-0.3, -0.25) is 9.59 Å². The number of nitrogens with zero attached hydrogens (tertiary/aromatic N) is 2. The molecule has 1 atom stereocenters. The topological polar surface area (TPSA) is 90.0 Å². The molecule has 0 aromatic heterocycles. The van der Waals surface area contributed by atoms with Gasteiger partial charge in [0.25, 0.3) is 0 Å². The largest absolute Gasteiger partial charge is 0.480 e. The number of hydrogen-bond donors (Lipinski definition) is 2. The number of carboxylic acid groups (broad SMARTS) is 1. The SMILES string of the molecule is CN1CC(NC(=O)N(C)CC(=O)O)CCC1=O. The van der Waals surface area contributed by atoms with Gasteiger partial charge in [0.15, 0.2) is 0 Å².